The third kappa shape index (κ3) is 2.91. The number of nitrogens with two attached hydrogens (primary N) is 1. The minimum atomic E-state index is -0.715. The van der Waals surface area contributed by atoms with Crippen LogP contribution in [0, 0.1) is 0 Å². The molecule has 0 bridgehead atoms. The van der Waals surface area contributed by atoms with Gasteiger partial charge in [0, 0.05) is 0 Å². The van der Waals surface area contributed by atoms with E-state index < -0.39 is 6.09 Å². The van der Waals surface area contributed by atoms with Crippen LogP contribution in [-0.4, -0.2) is 13.2 Å². The van der Waals surface area contributed by atoms with Gasteiger partial charge in [-0.1, -0.05) is 24.3 Å². The molecule has 0 aromatic heterocycles. The Labute approximate surface area is 129 Å². The third-order valence-electron chi connectivity index (χ3n) is 4.09. The molecular formula is C18H19NO3. The number of benzene rings is 2. The van der Waals surface area contributed by atoms with Crippen molar-refractivity contribution >= 4 is 6.09 Å². The molecule has 1 atom stereocenters. The first kappa shape index (κ1) is 14.4. The monoisotopic (exact) mass is 297 g/mol. The summed E-state index contributed by atoms with van der Waals surface area (Å²) in [5, 5.41) is 0. The summed E-state index contributed by atoms with van der Waals surface area (Å²) >= 11 is 0. The standard InChI is InChI=1S/C18H19NO3/c1-21-15-9-7-12(8-10-15)14-6-5-13-3-2-4-17(16(13)11-14)22-18(19)20/h5-11,17H,2-4H2,1H3,(H2,19,20). The fourth-order valence-corrected chi connectivity index (χ4v) is 2.98. The van der Waals surface area contributed by atoms with Crippen LogP contribution in [0.15, 0.2) is 42.5 Å². The Hall–Kier alpha value is -2.49. The van der Waals surface area contributed by atoms with Crippen molar-refractivity contribution in [2.45, 2.75) is 25.4 Å². The van der Waals surface area contributed by atoms with E-state index in [4.69, 9.17) is 15.2 Å². The predicted molar refractivity (Wildman–Crippen MR) is 84.8 cm³/mol. The van der Waals surface area contributed by atoms with Gasteiger partial charge >= 0.3 is 6.09 Å². The largest absolute Gasteiger partial charge is 0.497 e. The maximum Gasteiger partial charge on any atom is 0.405 e. The number of amides is 1. The van der Waals surface area contributed by atoms with Crippen molar-refractivity contribution in [3.8, 4) is 16.9 Å². The van der Waals surface area contributed by atoms with E-state index in [1.807, 2.05) is 24.3 Å². The number of hydrogen-bond acceptors (Lipinski definition) is 3. The molecule has 4 heteroatoms. The van der Waals surface area contributed by atoms with E-state index in [-0.39, 0.29) is 6.10 Å². The molecule has 4 nitrogen and oxygen atoms in total. The summed E-state index contributed by atoms with van der Waals surface area (Å²) in [5.74, 6) is 0.830. The van der Waals surface area contributed by atoms with Crippen molar-refractivity contribution in [1.82, 2.24) is 0 Å². The van der Waals surface area contributed by atoms with Gasteiger partial charge in [-0.3, -0.25) is 0 Å². The Balaban J connectivity index is 1.95. The molecule has 0 radical (unpaired) electrons. The minimum absolute atomic E-state index is 0.237. The van der Waals surface area contributed by atoms with Crippen LogP contribution >= 0.6 is 0 Å². The molecule has 3 rings (SSSR count). The summed E-state index contributed by atoms with van der Waals surface area (Å²) in [5.41, 5.74) is 9.69. The molecule has 0 aliphatic heterocycles. The molecule has 1 aliphatic rings. The van der Waals surface area contributed by atoms with E-state index in [0.717, 1.165) is 41.7 Å². The number of primary amides is 1. The lowest BCUT2D eigenvalue weighted by atomic mass is 9.87. The number of methoxy groups -OCH3 is 1. The van der Waals surface area contributed by atoms with E-state index in [1.165, 1.54) is 5.56 Å². The lowest BCUT2D eigenvalue weighted by Crippen LogP contribution is -2.20. The SMILES string of the molecule is COc1ccc(-c2ccc3c(c2)C(OC(N)=O)CCC3)cc1. The number of ether oxygens (including phenoxy) is 2. The second-order valence-electron chi connectivity index (χ2n) is 5.46. The molecule has 1 amide bonds. The summed E-state index contributed by atoms with van der Waals surface area (Å²) < 4.78 is 10.4. The van der Waals surface area contributed by atoms with Crippen LogP contribution in [0.5, 0.6) is 5.75 Å². The van der Waals surface area contributed by atoms with Gasteiger partial charge in [0.05, 0.1) is 7.11 Å². The highest BCUT2D eigenvalue weighted by molar-refractivity contribution is 5.67. The average molecular weight is 297 g/mol. The highest BCUT2D eigenvalue weighted by atomic mass is 16.6. The molecule has 2 aromatic carbocycles. The highest BCUT2D eigenvalue weighted by Crippen LogP contribution is 2.35. The maximum atomic E-state index is 11.1. The molecule has 1 unspecified atom stereocenters. The van der Waals surface area contributed by atoms with Gasteiger partial charge in [0.15, 0.2) is 0 Å². The summed E-state index contributed by atoms with van der Waals surface area (Å²) in [7, 11) is 1.65. The van der Waals surface area contributed by atoms with E-state index >= 15 is 0 Å². The van der Waals surface area contributed by atoms with E-state index in [0.29, 0.717) is 0 Å². The molecule has 2 N–H and O–H groups in total. The van der Waals surface area contributed by atoms with E-state index in [9.17, 15) is 4.79 Å². The smallest absolute Gasteiger partial charge is 0.405 e. The van der Waals surface area contributed by atoms with Gasteiger partial charge in [0.25, 0.3) is 0 Å². The van der Waals surface area contributed by atoms with Gasteiger partial charge in [-0.15, -0.1) is 0 Å². The summed E-state index contributed by atoms with van der Waals surface area (Å²) in [6.07, 6.45) is 1.89. The molecule has 0 spiro atoms. The molecule has 22 heavy (non-hydrogen) atoms. The average Bonchev–Trinajstić information content (AvgIpc) is 2.54. The van der Waals surface area contributed by atoms with Crippen LogP contribution in [0.1, 0.15) is 30.1 Å². The first-order valence-corrected chi connectivity index (χ1v) is 7.40. The summed E-state index contributed by atoms with van der Waals surface area (Å²) in [6.45, 7) is 0. The minimum Gasteiger partial charge on any atom is -0.497 e. The number of rotatable bonds is 3. The fourth-order valence-electron chi connectivity index (χ4n) is 2.98. The van der Waals surface area contributed by atoms with Gasteiger partial charge in [0.1, 0.15) is 11.9 Å². The Morgan fingerprint density at radius 1 is 1.14 bits per heavy atom. The van der Waals surface area contributed by atoms with Gasteiger partial charge in [-0.25, -0.2) is 4.79 Å². The lowest BCUT2D eigenvalue weighted by molar-refractivity contribution is 0.0959. The Morgan fingerprint density at radius 2 is 1.86 bits per heavy atom. The van der Waals surface area contributed by atoms with Crippen molar-refractivity contribution in [3.05, 3.63) is 53.6 Å². The Kier molecular flexibility index (Phi) is 4.00. The molecule has 1 aliphatic carbocycles. The molecule has 0 heterocycles. The number of fused-ring (bicyclic) bond motifs is 1. The maximum absolute atomic E-state index is 11.1. The predicted octanol–water partition coefficient (Wildman–Crippen LogP) is 3.83. The van der Waals surface area contributed by atoms with Crippen LogP contribution in [0.3, 0.4) is 0 Å². The zero-order valence-corrected chi connectivity index (χ0v) is 12.5. The number of hydrogen-bond donors (Lipinski definition) is 1. The third-order valence-corrected chi connectivity index (χ3v) is 4.09. The summed E-state index contributed by atoms with van der Waals surface area (Å²) in [4.78, 5) is 11.1. The van der Waals surface area contributed by atoms with Gasteiger partial charge in [-0.05, 0) is 59.7 Å². The zero-order chi connectivity index (χ0) is 15.5. The van der Waals surface area contributed by atoms with Crippen LogP contribution in [-0.2, 0) is 11.2 Å². The molecular weight excluding hydrogens is 278 g/mol. The van der Waals surface area contributed by atoms with Crippen LogP contribution in [0.25, 0.3) is 11.1 Å². The van der Waals surface area contributed by atoms with Gasteiger partial charge < -0.3 is 15.2 Å². The first-order valence-electron chi connectivity index (χ1n) is 7.40. The van der Waals surface area contributed by atoms with Gasteiger partial charge in [-0.2, -0.15) is 0 Å². The molecule has 0 saturated heterocycles. The Morgan fingerprint density at radius 3 is 2.55 bits per heavy atom. The topological polar surface area (TPSA) is 61.6 Å². The van der Waals surface area contributed by atoms with Crippen molar-refractivity contribution in [3.63, 3.8) is 0 Å². The van der Waals surface area contributed by atoms with E-state index in [1.54, 1.807) is 7.11 Å². The van der Waals surface area contributed by atoms with Gasteiger partial charge in [0.2, 0.25) is 0 Å². The van der Waals surface area contributed by atoms with Crippen molar-refractivity contribution in [2.75, 3.05) is 7.11 Å². The fraction of sp³-hybridized carbons (Fsp3) is 0.278. The second-order valence-corrected chi connectivity index (χ2v) is 5.46. The normalized spacial score (nSPS) is 16.7. The van der Waals surface area contributed by atoms with Crippen molar-refractivity contribution < 1.29 is 14.3 Å². The molecule has 2 aromatic rings. The Bertz CT molecular complexity index is 679. The first-order chi connectivity index (χ1) is 10.7. The van der Waals surface area contributed by atoms with Crippen molar-refractivity contribution in [2.24, 2.45) is 5.73 Å². The van der Waals surface area contributed by atoms with Crippen LogP contribution < -0.4 is 10.5 Å². The zero-order valence-electron chi connectivity index (χ0n) is 12.5. The van der Waals surface area contributed by atoms with E-state index in [2.05, 4.69) is 18.2 Å². The van der Waals surface area contributed by atoms with Crippen LogP contribution in [0.4, 0.5) is 4.79 Å². The van der Waals surface area contributed by atoms with Crippen LogP contribution in [0.2, 0.25) is 0 Å². The summed E-state index contributed by atoms with van der Waals surface area (Å²) in [6, 6.07) is 14.2. The highest BCUT2D eigenvalue weighted by Gasteiger charge is 2.23. The van der Waals surface area contributed by atoms with Crippen molar-refractivity contribution in [1.29, 1.82) is 0 Å². The molecule has 0 saturated carbocycles. The molecule has 114 valence electrons. The number of carbonyl (C=O) groups excluding carboxylic acids is 1. The number of carbonyl (C=O) groups is 1. The second kappa shape index (κ2) is 6.10. The quantitative estimate of drug-likeness (QED) is 0.936. The number of aryl methyl sites for hydroxylation is 1. The molecule has 0 fully saturated rings. The lowest BCUT2D eigenvalue weighted by Gasteiger charge is -2.25.